The van der Waals surface area contributed by atoms with Crippen molar-refractivity contribution < 1.29 is 23.5 Å². The van der Waals surface area contributed by atoms with Gasteiger partial charge in [0.25, 0.3) is 0 Å². The first-order valence-electron chi connectivity index (χ1n) is 8.75. The maximum Gasteiger partial charge on any atom is 0.341 e. The van der Waals surface area contributed by atoms with Gasteiger partial charge in [-0.2, -0.15) is 0 Å². The Morgan fingerprint density at radius 3 is 2.62 bits per heavy atom. The van der Waals surface area contributed by atoms with E-state index in [1.807, 2.05) is 19.9 Å². The minimum absolute atomic E-state index is 0.0894. The normalized spacial score (nSPS) is 25.0. The maximum absolute atomic E-state index is 12.3. The zero-order chi connectivity index (χ0) is 19.0. The fourth-order valence-corrected chi connectivity index (χ4v) is 3.65. The van der Waals surface area contributed by atoms with Gasteiger partial charge >= 0.3 is 11.9 Å². The summed E-state index contributed by atoms with van der Waals surface area (Å²) in [7, 11) is 1.35. The van der Waals surface area contributed by atoms with E-state index < -0.39 is 12.1 Å². The Labute approximate surface area is 153 Å². The van der Waals surface area contributed by atoms with E-state index >= 15 is 0 Å². The summed E-state index contributed by atoms with van der Waals surface area (Å²) in [6.07, 6.45) is 3.27. The highest BCUT2D eigenvalue weighted by Crippen LogP contribution is 2.39. The standard InChI is InChI=1S/C21H24O5/c1-11(2)13-6-7-14-9-17(26-20(14)22)19(12(3)4)18-10-15(21(23)24-5)16(8-13)25-18/h9-10,13,17,19H,1,3,6-8H2,2,4-5H3/t13-,17?,19?/m1/s1. The van der Waals surface area contributed by atoms with Crippen LogP contribution in [-0.4, -0.2) is 25.2 Å². The molecule has 0 saturated heterocycles. The predicted molar refractivity (Wildman–Crippen MR) is 96.8 cm³/mol. The molecule has 0 saturated carbocycles. The topological polar surface area (TPSA) is 65.7 Å². The minimum atomic E-state index is -0.471. The summed E-state index contributed by atoms with van der Waals surface area (Å²) < 4.78 is 16.6. The molecule has 26 heavy (non-hydrogen) atoms. The molecule has 5 nitrogen and oxygen atoms in total. The van der Waals surface area contributed by atoms with E-state index in [4.69, 9.17) is 13.9 Å². The fraction of sp³-hybridized carbons (Fsp3) is 0.429. The van der Waals surface area contributed by atoms with Crippen molar-refractivity contribution >= 4 is 11.9 Å². The number of methoxy groups -OCH3 is 1. The molecule has 0 radical (unpaired) electrons. The molecule has 0 amide bonds. The summed E-state index contributed by atoms with van der Waals surface area (Å²) in [5, 5.41) is 0. The lowest BCUT2D eigenvalue weighted by atomic mass is 9.87. The molecule has 5 heteroatoms. The molecule has 2 unspecified atom stereocenters. The first kappa shape index (κ1) is 18.2. The lowest BCUT2D eigenvalue weighted by molar-refractivity contribution is -0.140. The second kappa shape index (κ2) is 6.98. The molecule has 3 atom stereocenters. The van der Waals surface area contributed by atoms with Crippen molar-refractivity contribution in [2.45, 2.75) is 45.1 Å². The van der Waals surface area contributed by atoms with E-state index in [0.717, 1.165) is 17.6 Å². The lowest BCUT2D eigenvalue weighted by Gasteiger charge is -2.20. The van der Waals surface area contributed by atoms with Gasteiger partial charge in [0.1, 0.15) is 23.2 Å². The average Bonchev–Trinajstić information content (AvgIpc) is 3.12. The van der Waals surface area contributed by atoms with Gasteiger partial charge in [-0.25, -0.2) is 9.59 Å². The molecule has 2 aliphatic heterocycles. The Morgan fingerprint density at radius 1 is 1.27 bits per heavy atom. The van der Waals surface area contributed by atoms with Crippen LogP contribution in [0.25, 0.3) is 0 Å². The van der Waals surface area contributed by atoms with Crippen LogP contribution in [0.1, 0.15) is 54.5 Å². The Kier molecular flexibility index (Phi) is 4.90. The number of allylic oxidation sites excluding steroid dienone is 1. The van der Waals surface area contributed by atoms with Crippen LogP contribution in [0.15, 0.2) is 46.4 Å². The first-order valence-corrected chi connectivity index (χ1v) is 8.75. The predicted octanol–water partition coefficient (Wildman–Crippen LogP) is 4.11. The zero-order valence-corrected chi connectivity index (χ0v) is 15.5. The van der Waals surface area contributed by atoms with Crippen LogP contribution in [-0.2, 0) is 20.7 Å². The zero-order valence-electron chi connectivity index (χ0n) is 15.5. The average molecular weight is 356 g/mol. The van der Waals surface area contributed by atoms with Crippen molar-refractivity contribution in [1.82, 2.24) is 0 Å². The van der Waals surface area contributed by atoms with Gasteiger partial charge in [-0.3, -0.25) is 0 Å². The van der Waals surface area contributed by atoms with Gasteiger partial charge in [0.2, 0.25) is 0 Å². The van der Waals surface area contributed by atoms with Crippen LogP contribution in [0.3, 0.4) is 0 Å². The second-order valence-electron chi connectivity index (χ2n) is 7.15. The van der Waals surface area contributed by atoms with E-state index in [0.29, 0.717) is 35.5 Å². The molecular formula is C21H24O5. The van der Waals surface area contributed by atoms with Crippen molar-refractivity contribution in [3.63, 3.8) is 0 Å². The van der Waals surface area contributed by atoms with Gasteiger partial charge < -0.3 is 13.9 Å². The quantitative estimate of drug-likeness (QED) is 0.602. The summed E-state index contributed by atoms with van der Waals surface area (Å²) in [5.41, 5.74) is 2.88. The van der Waals surface area contributed by atoms with E-state index in [9.17, 15) is 9.59 Å². The van der Waals surface area contributed by atoms with Gasteiger partial charge in [0.05, 0.1) is 13.0 Å². The smallest absolute Gasteiger partial charge is 0.341 e. The summed E-state index contributed by atoms with van der Waals surface area (Å²) >= 11 is 0. The minimum Gasteiger partial charge on any atom is -0.465 e. The Hall–Kier alpha value is -2.56. The van der Waals surface area contributed by atoms with Crippen molar-refractivity contribution in [2.75, 3.05) is 7.11 Å². The third-order valence-electron chi connectivity index (χ3n) is 5.16. The third-order valence-corrected chi connectivity index (χ3v) is 5.16. The maximum atomic E-state index is 12.3. The molecule has 0 N–H and O–H groups in total. The molecule has 2 aliphatic rings. The van der Waals surface area contributed by atoms with Crippen molar-refractivity contribution in [3.8, 4) is 0 Å². The number of esters is 2. The molecule has 3 heterocycles. The third kappa shape index (κ3) is 3.26. The Morgan fingerprint density at radius 2 is 2.00 bits per heavy atom. The number of carbonyl (C=O) groups excluding carboxylic acids is 2. The summed E-state index contributed by atoms with van der Waals surface area (Å²) in [5.74, 6) is 0.169. The van der Waals surface area contributed by atoms with Crippen LogP contribution in [0.4, 0.5) is 0 Å². The Balaban J connectivity index is 2.14. The number of furan rings is 1. The fourth-order valence-electron chi connectivity index (χ4n) is 3.65. The number of ether oxygens (including phenoxy) is 2. The molecule has 0 fully saturated rings. The Bertz CT molecular complexity index is 810. The van der Waals surface area contributed by atoms with Gasteiger partial charge in [-0.1, -0.05) is 24.3 Å². The molecule has 3 rings (SSSR count). The number of hydrogen-bond donors (Lipinski definition) is 0. The largest absolute Gasteiger partial charge is 0.465 e. The van der Waals surface area contributed by atoms with E-state index in [1.54, 1.807) is 6.07 Å². The highest BCUT2D eigenvalue weighted by Gasteiger charge is 2.37. The van der Waals surface area contributed by atoms with Gasteiger partial charge in [-0.05, 0) is 44.7 Å². The summed E-state index contributed by atoms with van der Waals surface area (Å²) in [6, 6.07) is 1.69. The van der Waals surface area contributed by atoms with Crippen LogP contribution in [0.2, 0.25) is 0 Å². The van der Waals surface area contributed by atoms with Crippen molar-refractivity contribution in [2.24, 2.45) is 5.92 Å². The molecule has 0 aromatic carbocycles. The highest BCUT2D eigenvalue weighted by atomic mass is 16.5. The molecule has 1 aromatic heterocycles. The van der Waals surface area contributed by atoms with E-state index in [-0.39, 0.29) is 17.8 Å². The summed E-state index contributed by atoms with van der Waals surface area (Å²) in [6.45, 7) is 11.9. The van der Waals surface area contributed by atoms with Crippen molar-refractivity contribution in [1.29, 1.82) is 0 Å². The van der Waals surface area contributed by atoms with Crippen LogP contribution in [0.5, 0.6) is 0 Å². The van der Waals surface area contributed by atoms with Crippen LogP contribution in [0, 0.1) is 5.92 Å². The molecular weight excluding hydrogens is 332 g/mol. The van der Waals surface area contributed by atoms with Gasteiger partial charge in [0.15, 0.2) is 0 Å². The van der Waals surface area contributed by atoms with Gasteiger partial charge in [-0.15, -0.1) is 0 Å². The van der Waals surface area contributed by atoms with Crippen LogP contribution >= 0.6 is 0 Å². The highest BCUT2D eigenvalue weighted by molar-refractivity contribution is 5.92. The molecule has 4 bridgehead atoms. The molecule has 138 valence electrons. The number of hydrogen-bond acceptors (Lipinski definition) is 5. The monoisotopic (exact) mass is 356 g/mol. The molecule has 0 spiro atoms. The number of fused-ring (bicyclic) bond motifs is 3. The second-order valence-corrected chi connectivity index (χ2v) is 7.15. The SMILES string of the molecule is C=C(C)C1c2cc(C(=O)OC)c(o2)C[C@H](C(=C)C)CCC2=CC1OC2=O. The summed E-state index contributed by atoms with van der Waals surface area (Å²) in [4.78, 5) is 24.5. The number of carbonyl (C=O) groups is 2. The van der Waals surface area contributed by atoms with Crippen LogP contribution < -0.4 is 0 Å². The molecule has 0 aliphatic carbocycles. The molecule has 1 aromatic rings. The first-order chi connectivity index (χ1) is 12.3. The van der Waals surface area contributed by atoms with Gasteiger partial charge in [0, 0.05) is 12.0 Å². The number of rotatable bonds is 3. The van der Waals surface area contributed by atoms with E-state index in [2.05, 4.69) is 13.2 Å². The van der Waals surface area contributed by atoms with Crippen molar-refractivity contribution in [3.05, 3.63) is 59.1 Å². The lowest BCUT2D eigenvalue weighted by Crippen LogP contribution is -2.19. The van der Waals surface area contributed by atoms with E-state index in [1.165, 1.54) is 7.11 Å².